The Morgan fingerprint density at radius 3 is 1.61 bits per heavy atom. The lowest BCUT2D eigenvalue weighted by atomic mass is 9.91. The van der Waals surface area contributed by atoms with Crippen molar-refractivity contribution in [1.29, 1.82) is 0 Å². The number of carbonyl (C=O) groups is 1. The number of nitrogens with zero attached hydrogens (tertiary/aromatic N) is 10. The summed E-state index contributed by atoms with van der Waals surface area (Å²) in [4.78, 5) is 33.2. The Morgan fingerprint density at radius 1 is 0.642 bits per heavy atom. The molecule has 18 heteroatoms. The summed E-state index contributed by atoms with van der Waals surface area (Å²) in [5, 5.41) is 12.2. The zero-order chi connectivity index (χ0) is 46.1. The monoisotopic (exact) mass is 914 g/mol. The van der Waals surface area contributed by atoms with Crippen LogP contribution in [0.4, 0.5) is 11.6 Å². The Morgan fingerprint density at radius 2 is 1.12 bits per heavy atom. The van der Waals surface area contributed by atoms with E-state index in [4.69, 9.17) is 31.1 Å². The number of nitrogen functional groups attached to an aromatic ring is 2. The topological polar surface area (TPSA) is 215 Å². The average Bonchev–Trinajstić information content (AvgIpc) is 4.11. The molecule has 1 atom stereocenters. The maximum atomic E-state index is 13.8. The van der Waals surface area contributed by atoms with Gasteiger partial charge >= 0.3 is 0 Å². The molecule has 17 nitrogen and oxygen atoms in total. The van der Waals surface area contributed by atoms with E-state index >= 15 is 0 Å². The maximum Gasteiger partial charge on any atom is 0.256 e. The number of aromatic nitrogens is 8. The molecule has 5 heterocycles. The summed E-state index contributed by atoms with van der Waals surface area (Å²) >= 11 is 0. The van der Waals surface area contributed by atoms with Crippen molar-refractivity contribution in [3.05, 3.63) is 146 Å². The van der Waals surface area contributed by atoms with Gasteiger partial charge in [0.2, 0.25) is 5.91 Å². The number of para-hydroxylation sites is 2. The Balaban J connectivity index is 0.825. The second-order valence-corrected chi connectivity index (χ2v) is 18.2. The zero-order valence-corrected chi connectivity index (χ0v) is 37.1. The first-order chi connectivity index (χ1) is 32.6. The summed E-state index contributed by atoms with van der Waals surface area (Å²) in [6, 6.07) is 33.5. The van der Waals surface area contributed by atoms with Crippen molar-refractivity contribution in [2.45, 2.75) is 50.2 Å². The van der Waals surface area contributed by atoms with Gasteiger partial charge in [-0.05, 0) is 105 Å². The van der Waals surface area contributed by atoms with Crippen molar-refractivity contribution in [3.8, 4) is 45.5 Å². The highest BCUT2D eigenvalue weighted by Crippen LogP contribution is 2.39. The molecule has 67 heavy (non-hydrogen) atoms. The van der Waals surface area contributed by atoms with E-state index in [1.54, 1.807) is 4.90 Å². The van der Waals surface area contributed by atoms with Gasteiger partial charge in [-0.1, -0.05) is 43.0 Å². The highest BCUT2D eigenvalue weighted by molar-refractivity contribution is 7.92. The Kier molecular flexibility index (Phi) is 11.5. The first kappa shape index (κ1) is 42.8. The number of ether oxygens (including phenoxy) is 2. The average molecular weight is 915 g/mol. The number of carbonyl (C=O) groups excluding carboxylic acids is 1. The summed E-state index contributed by atoms with van der Waals surface area (Å²) in [5.74, 6) is 3.07. The van der Waals surface area contributed by atoms with Crippen molar-refractivity contribution in [2.75, 3.05) is 24.6 Å². The van der Waals surface area contributed by atoms with E-state index in [1.807, 2.05) is 119 Å². The fraction of sp³-hybridized carbons (Fsp3) is 0.204. The summed E-state index contributed by atoms with van der Waals surface area (Å²) in [7, 11) is -3.96. The van der Waals surface area contributed by atoms with Crippen molar-refractivity contribution < 1.29 is 22.7 Å². The van der Waals surface area contributed by atoms with E-state index in [-0.39, 0.29) is 18.0 Å². The number of likely N-dealkylation sites (tertiary alicyclic amines) is 1. The van der Waals surface area contributed by atoms with Crippen LogP contribution in [0.25, 0.3) is 44.6 Å². The van der Waals surface area contributed by atoms with Crippen LogP contribution >= 0.6 is 0 Å². The van der Waals surface area contributed by atoms with E-state index in [0.29, 0.717) is 102 Å². The second kappa shape index (κ2) is 18.0. The molecule has 10 rings (SSSR count). The van der Waals surface area contributed by atoms with Crippen molar-refractivity contribution in [3.63, 3.8) is 0 Å². The fourth-order valence-corrected chi connectivity index (χ4v) is 9.99. The first-order valence-electron chi connectivity index (χ1n) is 21.9. The number of sulfonamides is 1. The quantitative estimate of drug-likeness (QED) is 0.104. The van der Waals surface area contributed by atoms with Crippen LogP contribution in [0, 0.1) is 0 Å². The van der Waals surface area contributed by atoms with Crippen LogP contribution in [0.15, 0.2) is 146 Å². The molecule has 4 aromatic carbocycles. The summed E-state index contributed by atoms with van der Waals surface area (Å²) < 4.78 is 44.0. The number of hydrogen-bond donors (Lipinski definition) is 2. The molecule has 1 saturated heterocycles. The lowest BCUT2D eigenvalue weighted by molar-refractivity contribution is -0.125. The molecule has 8 aromatic rings. The largest absolute Gasteiger partial charge is 0.457 e. The van der Waals surface area contributed by atoms with Gasteiger partial charge in [-0.2, -0.15) is 10.2 Å². The minimum Gasteiger partial charge on any atom is -0.457 e. The molecule has 0 spiro atoms. The van der Waals surface area contributed by atoms with Crippen LogP contribution in [0.2, 0.25) is 0 Å². The maximum absolute atomic E-state index is 13.8. The molecule has 2 aliphatic rings. The van der Waals surface area contributed by atoms with Crippen LogP contribution in [-0.2, 0) is 14.8 Å². The Bertz CT molecular complexity index is 3230. The highest BCUT2D eigenvalue weighted by atomic mass is 32.2. The normalized spacial score (nSPS) is 17.6. The molecule has 4 N–H and O–H groups in total. The smallest absolute Gasteiger partial charge is 0.256 e. The lowest BCUT2D eigenvalue weighted by Gasteiger charge is -2.35. The molecule has 1 aliphatic heterocycles. The van der Waals surface area contributed by atoms with Crippen LogP contribution in [0.1, 0.15) is 44.2 Å². The van der Waals surface area contributed by atoms with Crippen molar-refractivity contribution in [1.82, 2.24) is 48.7 Å². The summed E-state index contributed by atoms with van der Waals surface area (Å²) in [6.45, 7) is 4.34. The van der Waals surface area contributed by atoms with E-state index in [2.05, 4.69) is 26.5 Å². The molecule has 1 amide bonds. The molecule has 1 saturated carbocycles. The molecule has 338 valence electrons. The molecule has 4 aromatic heterocycles. The van der Waals surface area contributed by atoms with Gasteiger partial charge < -0.3 is 25.8 Å². The molecule has 1 aliphatic carbocycles. The van der Waals surface area contributed by atoms with Gasteiger partial charge in [0.1, 0.15) is 58.7 Å². The fourth-order valence-electron chi connectivity index (χ4n) is 8.96. The molecular formula is C49H46N12O5S. The van der Waals surface area contributed by atoms with E-state index < -0.39 is 16.1 Å². The predicted octanol–water partition coefficient (Wildman–Crippen LogP) is 8.30. The zero-order valence-electron chi connectivity index (χ0n) is 36.2. The van der Waals surface area contributed by atoms with Crippen LogP contribution < -0.4 is 20.9 Å². The number of rotatable bonds is 13. The predicted molar refractivity (Wildman–Crippen MR) is 255 cm³/mol. The molecule has 2 fully saturated rings. The van der Waals surface area contributed by atoms with E-state index in [9.17, 15) is 13.2 Å². The van der Waals surface area contributed by atoms with E-state index in [0.717, 1.165) is 28.0 Å². The van der Waals surface area contributed by atoms with Crippen molar-refractivity contribution in [2.24, 2.45) is 0 Å². The van der Waals surface area contributed by atoms with Gasteiger partial charge in [0.15, 0.2) is 11.3 Å². The number of hydrogen-bond acceptors (Lipinski definition) is 13. The second-order valence-electron chi connectivity index (χ2n) is 16.4. The minimum atomic E-state index is -3.96. The standard InChI is InChI=1S/C49H46N12O5S/c1-2-67(63,64)59(34-17-19-35(20-18-34)60-48-42(46(50)52-30-54-48)44(56-60)32-13-21-39(22-14-32)65-37-9-5-3-6-10-37)28-26-41(62)58-27-25-36(29-58)61-49-43(47(51)53-31-55-49)45(57-61)33-15-23-40(24-16-33)66-38-11-7-4-8-12-38/h2-16,21-24,26,28,30-31,34-36H,1,17-20,25,27,29H2,(H2,50,52,54)(H2,51,53,55). The Labute approximate surface area is 386 Å². The van der Waals surface area contributed by atoms with Crippen LogP contribution in [0.5, 0.6) is 23.0 Å². The molecule has 0 radical (unpaired) electrons. The van der Waals surface area contributed by atoms with Gasteiger partial charge in [-0.15, -0.1) is 0 Å². The molecular weight excluding hydrogens is 869 g/mol. The SMILES string of the molecule is C=CS(=O)(=O)N(C=CC(=O)N1CCC(n2nc(-c3ccc(Oc4ccccc4)cc3)c3c(N)ncnc32)C1)C1CCC(n2nc(-c3ccc(Oc4ccccc4)cc3)c3c(N)ncnc32)CC1. The number of benzene rings is 4. The lowest BCUT2D eigenvalue weighted by Crippen LogP contribution is -2.38. The highest BCUT2D eigenvalue weighted by Gasteiger charge is 2.34. The summed E-state index contributed by atoms with van der Waals surface area (Å²) in [6.07, 6.45) is 8.29. The van der Waals surface area contributed by atoms with Gasteiger partial charge in [0.05, 0.1) is 22.9 Å². The third-order valence-corrected chi connectivity index (χ3v) is 13.7. The number of fused-ring (bicyclic) bond motifs is 2. The third-order valence-electron chi connectivity index (χ3n) is 12.3. The minimum absolute atomic E-state index is 0.101. The number of anilines is 2. The van der Waals surface area contributed by atoms with Gasteiger partial charge in [0.25, 0.3) is 10.0 Å². The Hall–Kier alpha value is -8.12. The van der Waals surface area contributed by atoms with Crippen LogP contribution in [0.3, 0.4) is 0 Å². The third kappa shape index (κ3) is 8.61. The van der Waals surface area contributed by atoms with Gasteiger partial charge in [-0.25, -0.2) is 37.7 Å². The molecule has 1 unspecified atom stereocenters. The number of nitrogens with two attached hydrogens (primary N) is 2. The van der Waals surface area contributed by atoms with Gasteiger partial charge in [-0.3, -0.25) is 9.10 Å². The molecule has 0 bridgehead atoms. The first-order valence-corrected chi connectivity index (χ1v) is 23.4. The van der Waals surface area contributed by atoms with Gasteiger partial charge in [0, 0.05) is 47.9 Å². The number of amides is 1. The summed E-state index contributed by atoms with van der Waals surface area (Å²) in [5.41, 5.74) is 16.9. The van der Waals surface area contributed by atoms with Crippen LogP contribution in [-0.4, -0.2) is 82.2 Å². The van der Waals surface area contributed by atoms with E-state index in [1.165, 1.54) is 29.2 Å². The van der Waals surface area contributed by atoms with Crippen molar-refractivity contribution >= 4 is 49.6 Å².